The molecule has 0 aromatic heterocycles. The molecule has 2 aliphatic rings. The number of ether oxygens (including phenoxy) is 2. The summed E-state index contributed by atoms with van der Waals surface area (Å²) in [4.78, 5) is 13.2. The van der Waals surface area contributed by atoms with Crippen molar-refractivity contribution in [3.8, 4) is 11.5 Å². The number of hydrogen-bond acceptors (Lipinski definition) is 3. The third kappa shape index (κ3) is 1.86. The fourth-order valence-corrected chi connectivity index (χ4v) is 4.27. The molecule has 4 rings (SSSR count). The van der Waals surface area contributed by atoms with Crippen LogP contribution in [-0.4, -0.2) is 20.0 Å². The Balaban J connectivity index is 1.78. The van der Waals surface area contributed by atoms with Crippen molar-refractivity contribution in [3.63, 3.8) is 0 Å². The lowest BCUT2D eigenvalue weighted by Gasteiger charge is -2.27. The topological polar surface area (TPSA) is 35.5 Å². The van der Waals surface area contributed by atoms with Gasteiger partial charge in [0.25, 0.3) is 0 Å². The SMILES string of the molecule is COc1ccc2c(c1)CC1(C2)C(=O)c2ccc(OC)cc2C1C. The second-order valence-electron chi connectivity index (χ2n) is 6.65. The monoisotopic (exact) mass is 308 g/mol. The van der Waals surface area contributed by atoms with Crippen molar-refractivity contribution in [2.24, 2.45) is 5.41 Å². The second-order valence-corrected chi connectivity index (χ2v) is 6.65. The first-order valence-corrected chi connectivity index (χ1v) is 7.97. The van der Waals surface area contributed by atoms with E-state index in [1.54, 1.807) is 14.2 Å². The first-order valence-electron chi connectivity index (χ1n) is 7.97. The standard InChI is InChI=1S/C20H20O3/c1-12-18-9-16(23-3)6-7-17(18)19(21)20(12)10-13-4-5-15(22-2)8-14(13)11-20/h4-9,12H,10-11H2,1-3H3. The molecule has 0 bridgehead atoms. The van der Waals surface area contributed by atoms with Crippen molar-refractivity contribution < 1.29 is 14.3 Å². The number of methoxy groups -OCH3 is 2. The van der Waals surface area contributed by atoms with Crippen LogP contribution in [0.5, 0.6) is 11.5 Å². The minimum absolute atomic E-state index is 0.193. The van der Waals surface area contributed by atoms with E-state index in [4.69, 9.17) is 9.47 Å². The van der Waals surface area contributed by atoms with Crippen LogP contribution >= 0.6 is 0 Å². The fraction of sp³-hybridized carbons (Fsp3) is 0.350. The number of carbonyl (C=O) groups is 1. The Labute approximate surface area is 136 Å². The highest BCUT2D eigenvalue weighted by atomic mass is 16.5. The van der Waals surface area contributed by atoms with Gasteiger partial charge in [0.2, 0.25) is 0 Å². The van der Waals surface area contributed by atoms with Crippen molar-refractivity contribution >= 4 is 5.78 Å². The van der Waals surface area contributed by atoms with Gasteiger partial charge in [0.05, 0.1) is 14.2 Å². The van der Waals surface area contributed by atoms with Gasteiger partial charge >= 0.3 is 0 Å². The van der Waals surface area contributed by atoms with Crippen molar-refractivity contribution in [1.29, 1.82) is 0 Å². The van der Waals surface area contributed by atoms with Gasteiger partial charge in [0.1, 0.15) is 11.5 Å². The summed E-state index contributed by atoms with van der Waals surface area (Å²) in [6, 6.07) is 12.0. The molecule has 2 atom stereocenters. The highest BCUT2D eigenvalue weighted by Crippen LogP contribution is 2.55. The van der Waals surface area contributed by atoms with Gasteiger partial charge in [-0.15, -0.1) is 0 Å². The summed E-state index contributed by atoms with van der Waals surface area (Å²) in [7, 11) is 3.34. The number of ketones is 1. The van der Waals surface area contributed by atoms with E-state index in [2.05, 4.69) is 19.1 Å². The van der Waals surface area contributed by atoms with Crippen molar-refractivity contribution in [1.82, 2.24) is 0 Å². The van der Waals surface area contributed by atoms with Crippen LogP contribution in [-0.2, 0) is 12.8 Å². The Morgan fingerprint density at radius 3 is 2.35 bits per heavy atom. The lowest BCUT2D eigenvalue weighted by molar-refractivity contribution is 0.0802. The van der Waals surface area contributed by atoms with Gasteiger partial charge < -0.3 is 9.47 Å². The maximum atomic E-state index is 13.2. The molecule has 2 aromatic rings. The Hall–Kier alpha value is -2.29. The summed E-state index contributed by atoms with van der Waals surface area (Å²) in [5.74, 6) is 2.15. The molecule has 0 N–H and O–H groups in total. The molecule has 3 nitrogen and oxygen atoms in total. The Bertz CT molecular complexity index is 809. The van der Waals surface area contributed by atoms with Gasteiger partial charge in [0.15, 0.2) is 5.78 Å². The maximum absolute atomic E-state index is 13.2. The Morgan fingerprint density at radius 2 is 1.61 bits per heavy atom. The normalized spacial score (nSPS) is 24.7. The zero-order valence-corrected chi connectivity index (χ0v) is 13.7. The number of carbonyl (C=O) groups excluding carboxylic acids is 1. The van der Waals surface area contributed by atoms with E-state index in [9.17, 15) is 4.79 Å². The maximum Gasteiger partial charge on any atom is 0.170 e. The van der Waals surface area contributed by atoms with Crippen LogP contribution in [0.25, 0.3) is 0 Å². The molecule has 0 saturated carbocycles. The molecule has 2 unspecified atom stereocenters. The van der Waals surface area contributed by atoms with Crippen LogP contribution in [0, 0.1) is 5.41 Å². The summed E-state index contributed by atoms with van der Waals surface area (Å²) >= 11 is 0. The number of hydrogen-bond donors (Lipinski definition) is 0. The molecule has 2 aliphatic carbocycles. The Morgan fingerprint density at radius 1 is 0.957 bits per heavy atom. The molecule has 118 valence electrons. The van der Waals surface area contributed by atoms with E-state index in [0.717, 1.165) is 35.5 Å². The van der Waals surface area contributed by atoms with E-state index < -0.39 is 0 Å². The summed E-state index contributed by atoms with van der Waals surface area (Å²) in [6.07, 6.45) is 1.60. The first-order chi connectivity index (χ1) is 11.1. The van der Waals surface area contributed by atoms with Crippen LogP contribution < -0.4 is 9.47 Å². The number of fused-ring (bicyclic) bond motifs is 2. The third-order valence-electron chi connectivity index (χ3n) is 5.68. The van der Waals surface area contributed by atoms with Crippen molar-refractivity contribution in [2.45, 2.75) is 25.7 Å². The van der Waals surface area contributed by atoms with Crippen molar-refractivity contribution in [2.75, 3.05) is 14.2 Å². The fourth-order valence-electron chi connectivity index (χ4n) is 4.27. The molecule has 2 aromatic carbocycles. The van der Waals surface area contributed by atoms with Gasteiger partial charge in [-0.1, -0.05) is 13.0 Å². The number of benzene rings is 2. The molecule has 3 heteroatoms. The lowest BCUT2D eigenvalue weighted by Crippen LogP contribution is -2.31. The quantitative estimate of drug-likeness (QED) is 0.847. The number of rotatable bonds is 2. The van der Waals surface area contributed by atoms with Gasteiger partial charge in [-0.05, 0) is 65.8 Å². The largest absolute Gasteiger partial charge is 0.497 e. The third-order valence-corrected chi connectivity index (χ3v) is 5.68. The zero-order chi connectivity index (χ0) is 16.2. The van der Waals surface area contributed by atoms with E-state index in [-0.39, 0.29) is 17.1 Å². The predicted molar refractivity (Wildman–Crippen MR) is 88.6 cm³/mol. The highest BCUT2D eigenvalue weighted by molar-refractivity contribution is 6.06. The summed E-state index contributed by atoms with van der Waals surface area (Å²) < 4.78 is 10.7. The average Bonchev–Trinajstić information content (AvgIpc) is 3.06. The second kappa shape index (κ2) is 4.85. The summed E-state index contributed by atoms with van der Waals surface area (Å²) in [5.41, 5.74) is 4.14. The molecule has 0 amide bonds. The molecular formula is C20H20O3. The van der Waals surface area contributed by atoms with Crippen LogP contribution in [0.2, 0.25) is 0 Å². The van der Waals surface area contributed by atoms with E-state index in [0.29, 0.717) is 0 Å². The van der Waals surface area contributed by atoms with Gasteiger partial charge in [-0.2, -0.15) is 0 Å². The molecule has 1 spiro atoms. The molecule has 0 saturated heterocycles. The molecule has 0 fully saturated rings. The van der Waals surface area contributed by atoms with Crippen LogP contribution in [0.15, 0.2) is 36.4 Å². The van der Waals surface area contributed by atoms with E-state index in [1.165, 1.54) is 11.1 Å². The van der Waals surface area contributed by atoms with Crippen LogP contribution in [0.4, 0.5) is 0 Å². The summed E-state index contributed by atoms with van der Waals surface area (Å²) in [6.45, 7) is 2.17. The van der Waals surface area contributed by atoms with Crippen LogP contribution in [0.3, 0.4) is 0 Å². The molecule has 0 heterocycles. The molecule has 0 aliphatic heterocycles. The van der Waals surface area contributed by atoms with Gasteiger partial charge in [-0.25, -0.2) is 0 Å². The zero-order valence-electron chi connectivity index (χ0n) is 13.7. The van der Waals surface area contributed by atoms with E-state index in [1.807, 2.05) is 24.3 Å². The van der Waals surface area contributed by atoms with Crippen LogP contribution in [0.1, 0.15) is 39.9 Å². The highest BCUT2D eigenvalue weighted by Gasteiger charge is 2.53. The van der Waals surface area contributed by atoms with Crippen molar-refractivity contribution in [3.05, 3.63) is 58.7 Å². The van der Waals surface area contributed by atoms with E-state index >= 15 is 0 Å². The molecule has 0 radical (unpaired) electrons. The van der Waals surface area contributed by atoms with Gasteiger partial charge in [-0.3, -0.25) is 4.79 Å². The number of Topliss-reactive ketones (excluding diaryl/α,β-unsaturated/α-hetero) is 1. The Kier molecular flexibility index (Phi) is 3.02. The molecular weight excluding hydrogens is 288 g/mol. The van der Waals surface area contributed by atoms with Gasteiger partial charge in [0, 0.05) is 11.0 Å². The average molecular weight is 308 g/mol. The first kappa shape index (κ1) is 14.3. The lowest BCUT2D eigenvalue weighted by atomic mass is 9.74. The smallest absolute Gasteiger partial charge is 0.170 e. The predicted octanol–water partition coefficient (Wildman–Crippen LogP) is 3.79. The minimum atomic E-state index is -0.344. The molecule has 23 heavy (non-hydrogen) atoms. The minimum Gasteiger partial charge on any atom is -0.497 e. The summed E-state index contributed by atoms with van der Waals surface area (Å²) in [5, 5.41) is 0.